The number of nitrogens with one attached hydrogen (secondary N) is 2. The van der Waals surface area contributed by atoms with Crippen molar-refractivity contribution < 1.29 is 9.59 Å². The average Bonchev–Trinajstić information content (AvgIpc) is 3.39. The second-order valence-corrected chi connectivity index (χ2v) is 6.91. The van der Waals surface area contributed by atoms with E-state index in [-0.39, 0.29) is 23.7 Å². The molecule has 4 nitrogen and oxygen atoms in total. The van der Waals surface area contributed by atoms with Gasteiger partial charge >= 0.3 is 0 Å². The Morgan fingerprint density at radius 2 is 1.64 bits per heavy atom. The van der Waals surface area contributed by atoms with Crippen LogP contribution in [-0.4, -0.2) is 11.8 Å². The van der Waals surface area contributed by atoms with E-state index in [0.29, 0.717) is 22.2 Å². The van der Waals surface area contributed by atoms with Crippen molar-refractivity contribution in [2.24, 2.45) is 11.8 Å². The Bertz CT molecular complexity index is 823. The van der Waals surface area contributed by atoms with Crippen molar-refractivity contribution in [2.75, 3.05) is 10.6 Å². The van der Waals surface area contributed by atoms with Gasteiger partial charge in [-0.05, 0) is 42.7 Å². The minimum absolute atomic E-state index is 0.122. The number of carbonyl (C=O) groups is 2. The topological polar surface area (TPSA) is 58.2 Å². The van der Waals surface area contributed by atoms with Crippen molar-refractivity contribution >= 4 is 46.4 Å². The molecule has 2 unspecified atom stereocenters. The van der Waals surface area contributed by atoms with Gasteiger partial charge in [-0.1, -0.05) is 48.3 Å². The molecular weight excluding hydrogens is 359 g/mol. The quantitative estimate of drug-likeness (QED) is 0.789. The summed E-state index contributed by atoms with van der Waals surface area (Å²) in [6, 6.07) is 12.6. The lowest BCUT2D eigenvalue weighted by Gasteiger charge is -2.10. The fourth-order valence-corrected chi connectivity index (χ4v) is 3.22. The van der Waals surface area contributed by atoms with Gasteiger partial charge in [-0.25, -0.2) is 0 Å². The fourth-order valence-electron chi connectivity index (χ4n) is 2.77. The highest BCUT2D eigenvalue weighted by molar-refractivity contribution is 6.36. The zero-order valence-corrected chi connectivity index (χ0v) is 15.2. The molecule has 0 radical (unpaired) electrons. The maximum atomic E-state index is 12.4. The van der Waals surface area contributed by atoms with Gasteiger partial charge in [0, 0.05) is 10.7 Å². The molecular formula is C19H18Cl2N2O2. The Kier molecular flexibility index (Phi) is 5.30. The summed E-state index contributed by atoms with van der Waals surface area (Å²) < 4.78 is 0. The number of halogens is 2. The minimum atomic E-state index is -0.333. The van der Waals surface area contributed by atoms with Crippen LogP contribution in [0.4, 0.5) is 11.4 Å². The first-order valence-corrected chi connectivity index (χ1v) is 8.90. The normalized spacial score (nSPS) is 18.5. The maximum Gasteiger partial charge on any atom is 0.228 e. The lowest BCUT2D eigenvalue weighted by molar-refractivity contribution is -0.122. The molecule has 25 heavy (non-hydrogen) atoms. The van der Waals surface area contributed by atoms with Crippen LogP contribution < -0.4 is 10.6 Å². The predicted molar refractivity (Wildman–Crippen MR) is 101 cm³/mol. The summed E-state index contributed by atoms with van der Waals surface area (Å²) in [6.45, 7) is 2.04. The molecule has 2 aromatic carbocycles. The van der Waals surface area contributed by atoms with E-state index in [1.165, 1.54) is 0 Å². The molecule has 2 atom stereocenters. The van der Waals surface area contributed by atoms with Crippen molar-refractivity contribution in [3.05, 3.63) is 58.1 Å². The Balaban J connectivity index is 1.60. The molecule has 2 N–H and O–H groups in total. The lowest BCUT2D eigenvalue weighted by Crippen LogP contribution is -2.21. The highest BCUT2D eigenvalue weighted by Gasteiger charge is 2.48. The van der Waals surface area contributed by atoms with Gasteiger partial charge in [0.15, 0.2) is 0 Å². The van der Waals surface area contributed by atoms with Crippen LogP contribution in [0.1, 0.15) is 18.9 Å². The molecule has 1 saturated carbocycles. The third kappa shape index (κ3) is 4.14. The molecule has 0 aromatic heterocycles. The van der Waals surface area contributed by atoms with Gasteiger partial charge in [0.1, 0.15) is 0 Å². The van der Waals surface area contributed by atoms with Crippen molar-refractivity contribution in [2.45, 2.75) is 19.8 Å². The van der Waals surface area contributed by atoms with E-state index in [9.17, 15) is 9.59 Å². The number of hydrogen-bond acceptors (Lipinski definition) is 2. The highest BCUT2D eigenvalue weighted by Crippen LogP contribution is 2.41. The first kappa shape index (κ1) is 17.8. The monoisotopic (exact) mass is 376 g/mol. The minimum Gasteiger partial charge on any atom is -0.326 e. The molecule has 130 valence electrons. The second kappa shape index (κ2) is 7.46. The zero-order valence-electron chi connectivity index (χ0n) is 13.7. The average molecular weight is 377 g/mol. The van der Waals surface area contributed by atoms with E-state index >= 15 is 0 Å². The number of carbonyl (C=O) groups excluding carboxylic acids is 2. The molecule has 0 bridgehead atoms. The van der Waals surface area contributed by atoms with E-state index in [2.05, 4.69) is 10.6 Å². The van der Waals surface area contributed by atoms with Gasteiger partial charge in [0.05, 0.1) is 22.5 Å². The van der Waals surface area contributed by atoms with Crippen molar-refractivity contribution in [1.29, 1.82) is 0 Å². The number of rotatable bonds is 5. The van der Waals surface area contributed by atoms with Gasteiger partial charge in [0.25, 0.3) is 0 Å². The number of para-hydroxylation sites is 1. The third-order valence-corrected chi connectivity index (χ3v) is 4.86. The second-order valence-electron chi connectivity index (χ2n) is 6.06. The first-order chi connectivity index (χ1) is 12.0. The molecule has 0 aliphatic heterocycles. The maximum absolute atomic E-state index is 12.4. The van der Waals surface area contributed by atoms with Crippen LogP contribution in [0.5, 0.6) is 0 Å². The van der Waals surface area contributed by atoms with Crippen LogP contribution in [0, 0.1) is 11.8 Å². The van der Waals surface area contributed by atoms with Gasteiger partial charge in [0.2, 0.25) is 11.8 Å². The number of anilines is 2. The Morgan fingerprint density at radius 3 is 2.28 bits per heavy atom. The molecule has 0 heterocycles. The Morgan fingerprint density at radius 1 is 1.00 bits per heavy atom. The molecule has 6 heteroatoms. The summed E-state index contributed by atoms with van der Waals surface area (Å²) in [5, 5.41) is 6.57. The van der Waals surface area contributed by atoms with E-state index in [1.54, 1.807) is 18.2 Å². The summed E-state index contributed by atoms with van der Waals surface area (Å²) in [6.07, 6.45) is 1.37. The van der Waals surface area contributed by atoms with E-state index < -0.39 is 0 Å². The molecule has 2 amide bonds. The Labute approximate surface area is 156 Å². The van der Waals surface area contributed by atoms with Gasteiger partial charge in [-0.2, -0.15) is 0 Å². The highest BCUT2D eigenvalue weighted by atomic mass is 35.5. The third-order valence-electron chi connectivity index (χ3n) is 4.31. The van der Waals surface area contributed by atoms with Crippen LogP contribution in [0.25, 0.3) is 0 Å². The number of aryl methyl sites for hydroxylation is 1. The Hall–Kier alpha value is -2.04. The molecule has 3 rings (SSSR count). The van der Waals surface area contributed by atoms with Gasteiger partial charge < -0.3 is 10.6 Å². The first-order valence-electron chi connectivity index (χ1n) is 8.14. The van der Waals surface area contributed by atoms with Crippen molar-refractivity contribution in [3.63, 3.8) is 0 Å². The van der Waals surface area contributed by atoms with E-state index in [4.69, 9.17) is 23.2 Å². The van der Waals surface area contributed by atoms with Crippen molar-refractivity contribution in [1.82, 2.24) is 0 Å². The SMILES string of the molecule is CCc1ccccc1NC(=O)C1CC1C(=O)Nc1ccc(Cl)cc1Cl. The fraction of sp³-hybridized carbons (Fsp3) is 0.263. The van der Waals surface area contributed by atoms with Crippen LogP contribution in [0.3, 0.4) is 0 Å². The number of amides is 2. The molecule has 1 aliphatic rings. The molecule has 1 fully saturated rings. The smallest absolute Gasteiger partial charge is 0.228 e. The van der Waals surface area contributed by atoms with Gasteiger partial charge in [-0.15, -0.1) is 0 Å². The summed E-state index contributed by atoms with van der Waals surface area (Å²) >= 11 is 11.9. The van der Waals surface area contributed by atoms with Gasteiger partial charge in [-0.3, -0.25) is 9.59 Å². The van der Waals surface area contributed by atoms with Crippen molar-refractivity contribution in [3.8, 4) is 0 Å². The largest absolute Gasteiger partial charge is 0.326 e. The predicted octanol–water partition coefficient (Wildman–Crippen LogP) is 4.77. The standard InChI is InChI=1S/C19H18Cl2N2O2/c1-2-11-5-3-4-6-16(11)22-18(24)13-10-14(13)19(25)23-17-8-7-12(20)9-15(17)21/h3-9,13-14H,2,10H2,1H3,(H,22,24)(H,23,25). The van der Waals surface area contributed by atoms with Crippen LogP contribution >= 0.6 is 23.2 Å². The summed E-state index contributed by atoms with van der Waals surface area (Å²) in [5.74, 6) is -0.965. The van der Waals surface area contributed by atoms with Crippen LogP contribution in [0.15, 0.2) is 42.5 Å². The summed E-state index contributed by atoms with van der Waals surface area (Å²) in [5.41, 5.74) is 2.38. The summed E-state index contributed by atoms with van der Waals surface area (Å²) in [7, 11) is 0. The molecule has 0 saturated heterocycles. The molecule has 0 spiro atoms. The number of hydrogen-bond donors (Lipinski definition) is 2. The van der Waals surface area contributed by atoms with E-state index in [1.807, 2.05) is 31.2 Å². The molecule has 1 aliphatic carbocycles. The van der Waals surface area contributed by atoms with E-state index in [0.717, 1.165) is 17.7 Å². The lowest BCUT2D eigenvalue weighted by atomic mass is 10.1. The van der Waals surface area contributed by atoms with Crippen LogP contribution in [0.2, 0.25) is 10.0 Å². The zero-order chi connectivity index (χ0) is 18.0. The van der Waals surface area contributed by atoms with Crippen LogP contribution in [-0.2, 0) is 16.0 Å². The number of benzene rings is 2. The molecule has 2 aromatic rings. The summed E-state index contributed by atoms with van der Waals surface area (Å²) in [4.78, 5) is 24.7.